The summed E-state index contributed by atoms with van der Waals surface area (Å²) >= 11 is 6.22. The predicted octanol–water partition coefficient (Wildman–Crippen LogP) is 4.18. The molecule has 6 heteroatoms. The van der Waals surface area contributed by atoms with E-state index in [2.05, 4.69) is 24.1 Å². The van der Waals surface area contributed by atoms with Gasteiger partial charge in [-0.25, -0.2) is 0 Å². The Labute approximate surface area is 172 Å². The van der Waals surface area contributed by atoms with Gasteiger partial charge in [0, 0.05) is 24.8 Å². The van der Waals surface area contributed by atoms with Crippen LogP contribution in [0, 0.1) is 0 Å². The minimum Gasteiger partial charge on any atom is -0.468 e. The Bertz CT molecular complexity index is 753. The van der Waals surface area contributed by atoms with E-state index in [-0.39, 0.29) is 11.9 Å². The number of hydrogen-bond donors (Lipinski definition) is 1. The molecule has 0 bridgehead atoms. The molecule has 1 aliphatic rings. The highest BCUT2D eigenvalue weighted by molar-refractivity contribution is 6.30. The first-order chi connectivity index (χ1) is 13.6. The Hall–Kier alpha value is -1.82. The molecule has 1 fully saturated rings. The third-order valence-electron chi connectivity index (χ3n) is 5.74. The number of hydrogen-bond acceptors (Lipinski definition) is 4. The number of ether oxygens (including phenoxy) is 1. The van der Waals surface area contributed by atoms with Crippen molar-refractivity contribution in [1.82, 2.24) is 10.2 Å². The third kappa shape index (κ3) is 4.43. The van der Waals surface area contributed by atoms with E-state index in [0.717, 1.165) is 24.4 Å². The molecule has 2 heterocycles. The molecule has 3 rings (SSSR count). The monoisotopic (exact) mass is 404 g/mol. The molecule has 0 radical (unpaired) electrons. The Morgan fingerprint density at radius 3 is 2.57 bits per heavy atom. The fourth-order valence-corrected chi connectivity index (χ4v) is 4.26. The lowest BCUT2D eigenvalue weighted by atomic mass is 9.73. The average molecular weight is 405 g/mol. The fraction of sp³-hybridized carbons (Fsp3) is 0.500. The van der Waals surface area contributed by atoms with Gasteiger partial charge in [0.25, 0.3) is 0 Å². The van der Waals surface area contributed by atoms with Gasteiger partial charge in [0.1, 0.15) is 5.76 Å². The largest absolute Gasteiger partial charge is 0.468 e. The predicted molar refractivity (Wildman–Crippen MR) is 111 cm³/mol. The molecule has 1 N–H and O–H groups in total. The molecule has 0 spiro atoms. The number of nitrogens with zero attached hydrogens (tertiary/aromatic N) is 1. The van der Waals surface area contributed by atoms with Gasteiger partial charge in [0.2, 0.25) is 5.91 Å². The van der Waals surface area contributed by atoms with E-state index in [1.54, 1.807) is 6.26 Å². The van der Waals surface area contributed by atoms with Crippen molar-refractivity contribution in [3.8, 4) is 0 Å². The minimum atomic E-state index is -0.611. The highest BCUT2D eigenvalue weighted by Crippen LogP contribution is 2.36. The van der Waals surface area contributed by atoms with Crippen LogP contribution in [0.25, 0.3) is 0 Å². The van der Waals surface area contributed by atoms with E-state index in [4.69, 9.17) is 20.8 Å². The zero-order chi connectivity index (χ0) is 20.0. The van der Waals surface area contributed by atoms with Gasteiger partial charge in [-0.2, -0.15) is 0 Å². The molecule has 152 valence electrons. The number of nitrogens with one attached hydrogen (secondary N) is 1. The Kier molecular flexibility index (Phi) is 7.16. The molecule has 2 aromatic rings. The molecule has 28 heavy (non-hydrogen) atoms. The van der Waals surface area contributed by atoms with Gasteiger partial charge in [-0.15, -0.1) is 0 Å². The van der Waals surface area contributed by atoms with E-state index < -0.39 is 5.41 Å². The number of amides is 1. The van der Waals surface area contributed by atoms with Crippen LogP contribution in [0.2, 0.25) is 5.02 Å². The van der Waals surface area contributed by atoms with Crippen molar-refractivity contribution >= 4 is 17.5 Å². The maximum atomic E-state index is 13.4. The van der Waals surface area contributed by atoms with Crippen LogP contribution < -0.4 is 5.32 Å². The van der Waals surface area contributed by atoms with E-state index in [9.17, 15) is 4.79 Å². The number of furan rings is 1. The number of benzene rings is 1. The van der Waals surface area contributed by atoms with Crippen LogP contribution in [-0.2, 0) is 14.9 Å². The van der Waals surface area contributed by atoms with E-state index in [0.29, 0.717) is 37.6 Å². The zero-order valence-corrected chi connectivity index (χ0v) is 17.4. The summed E-state index contributed by atoms with van der Waals surface area (Å²) in [5.41, 5.74) is 0.346. The fourth-order valence-electron chi connectivity index (χ4n) is 4.07. The highest BCUT2D eigenvalue weighted by atomic mass is 35.5. The van der Waals surface area contributed by atoms with Crippen LogP contribution in [0.5, 0.6) is 0 Å². The van der Waals surface area contributed by atoms with Crippen LogP contribution >= 0.6 is 11.6 Å². The van der Waals surface area contributed by atoms with Gasteiger partial charge < -0.3 is 14.5 Å². The smallest absolute Gasteiger partial charge is 0.230 e. The molecule has 1 aromatic carbocycles. The van der Waals surface area contributed by atoms with Crippen molar-refractivity contribution in [3.63, 3.8) is 0 Å². The van der Waals surface area contributed by atoms with E-state index >= 15 is 0 Å². The van der Waals surface area contributed by atoms with Gasteiger partial charge in [-0.05, 0) is 55.8 Å². The summed E-state index contributed by atoms with van der Waals surface area (Å²) in [5, 5.41) is 3.86. The van der Waals surface area contributed by atoms with Crippen LogP contribution in [0.4, 0.5) is 0 Å². The van der Waals surface area contributed by atoms with Crippen molar-refractivity contribution in [3.05, 3.63) is 59.0 Å². The van der Waals surface area contributed by atoms with Gasteiger partial charge in [0.05, 0.1) is 17.7 Å². The number of carbonyl (C=O) groups excluding carboxylic acids is 1. The lowest BCUT2D eigenvalue weighted by molar-refractivity contribution is -0.130. The second-order valence-electron chi connectivity index (χ2n) is 7.17. The molecule has 1 atom stereocenters. The molecule has 1 unspecified atom stereocenters. The lowest BCUT2D eigenvalue weighted by Gasteiger charge is -2.37. The Balaban J connectivity index is 1.81. The number of rotatable bonds is 8. The van der Waals surface area contributed by atoms with Gasteiger partial charge in [0.15, 0.2) is 0 Å². The van der Waals surface area contributed by atoms with Crippen LogP contribution in [0.1, 0.15) is 44.1 Å². The topological polar surface area (TPSA) is 54.7 Å². The quantitative estimate of drug-likeness (QED) is 0.717. The molecule has 5 nitrogen and oxygen atoms in total. The molecule has 1 aliphatic heterocycles. The first-order valence-electron chi connectivity index (χ1n) is 10.00. The molecular formula is C22H29ClN2O3. The number of carbonyl (C=O) groups is 1. The van der Waals surface area contributed by atoms with Crippen molar-refractivity contribution in [2.45, 2.75) is 38.1 Å². The second-order valence-corrected chi connectivity index (χ2v) is 7.60. The van der Waals surface area contributed by atoms with Crippen LogP contribution in [0.3, 0.4) is 0 Å². The molecule has 1 saturated heterocycles. The number of halogens is 1. The summed E-state index contributed by atoms with van der Waals surface area (Å²) in [5.74, 6) is 0.898. The summed E-state index contributed by atoms with van der Waals surface area (Å²) in [4.78, 5) is 15.7. The van der Waals surface area contributed by atoms with Crippen molar-refractivity contribution in [2.75, 3.05) is 32.8 Å². The Morgan fingerprint density at radius 1 is 1.21 bits per heavy atom. The summed E-state index contributed by atoms with van der Waals surface area (Å²) in [6.07, 6.45) is 2.98. The molecule has 1 aromatic heterocycles. The lowest BCUT2D eigenvalue weighted by Crippen LogP contribution is -2.50. The third-order valence-corrected chi connectivity index (χ3v) is 5.97. The van der Waals surface area contributed by atoms with Crippen molar-refractivity contribution in [2.24, 2.45) is 0 Å². The van der Waals surface area contributed by atoms with Crippen LogP contribution in [0.15, 0.2) is 47.1 Å². The maximum Gasteiger partial charge on any atom is 0.230 e. The second kappa shape index (κ2) is 9.59. The standard InChI is InChI=1S/C22H29ClN2O3/c1-3-25(4-2)19(20-9-6-12-28-20)16-24-21(26)22(10-13-27-14-11-22)17-7-5-8-18(23)15-17/h5-9,12,15,19H,3-4,10-11,13-14,16H2,1-2H3,(H,24,26). The molecule has 1 amide bonds. The SMILES string of the molecule is CCN(CC)C(CNC(=O)C1(c2cccc(Cl)c2)CCOCC1)c1ccco1. The first-order valence-corrected chi connectivity index (χ1v) is 10.4. The van der Waals surface area contributed by atoms with Gasteiger partial charge in [-0.1, -0.05) is 37.6 Å². The van der Waals surface area contributed by atoms with Crippen molar-refractivity contribution < 1.29 is 13.9 Å². The Morgan fingerprint density at radius 2 is 1.96 bits per heavy atom. The summed E-state index contributed by atoms with van der Waals surface area (Å²) < 4.78 is 11.2. The maximum absolute atomic E-state index is 13.4. The van der Waals surface area contributed by atoms with Crippen molar-refractivity contribution in [1.29, 1.82) is 0 Å². The molecular weight excluding hydrogens is 376 g/mol. The molecule has 0 saturated carbocycles. The van der Waals surface area contributed by atoms with E-state index in [1.165, 1.54) is 0 Å². The minimum absolute atomic E-state index is 0.00482. The summed E-state index contributed by atoms with van der Waals surface area (Å²) in [6.45, 7) is 7.63. The van der Waals surface area contributed by atoms with Crippen LogP contribution in [-0.4, -0.2) is 43.7 Å². The zero-order valence-electron chi connectivity index (χ0n) is 16.6. The number of likely N-dealkylation sites (N-methyl/N-ethyl adjacent to an activating group) is 1. The average Bonchev–Trinajstić information content (AvgIpc) is 3.26. The highest BCUT2D eigenvalue weighted by Gasteiger charge is 2.42. The van der Waals surface area contributed by atoms with Gasteiger partial charge in [-0.3, -0.25) is 9.69 Å². The molecule has 0 aliphatic carbocycles. The van der Waals surface area contributed by atoms with Gasteiger partial charge >= 0.3 is 0 Å². The summed E-state index contributed by atoms with van der Waals surface area (Å²) in [7, 11) is 0. The van der Waals surface area contributed by atoms with E-state index in [1.807, 2.05) is 36.4 Å². The first kappa shape index (κ1) is 20.9. The summed E-state index contributed by atoms with van der Waals surface area (Å²) in [6, 6.07) is 11.5. The normalized spacial score (nSPS) is 17.4.